The molecule has 0 bridgehead atoms. The van der Waals surface area contributed by atoms with E-state index in [0.29, 0.717) is 17.0 Å². The van der Waals surface area contributed by atoms with E-state index in [1.807, 2.05) is 13.8 Å². The van der Waals surface area contributed by atoms with Gasteiger partial charge in [-0.25, -0.2) is 4.79 Å². The molecule has 1 atom stereocenters. The quantitative estimate of drug-likeness (QED) is 0.828. The summed E-state index contributed by atoms with van der Waals surface area (Å²) in [5.74, 6) is -1.37. The summed E-state index contributed by atoms with van der Waals surface area (Å²) in [7, 11) is 0. The van der Waals surface area contributed by atoms with Crippen molar-refractivity contribution in [1.29, 1.82) is 0 Å². The van der Waals surface area contributed by atoms with Gasteiger partial charge < -0.3 is 10.4 Å². The van der Waals surface area contributed by atoms with Crippen LogP contribution in [0.1, 0.15) is 48.5 Å². The van der Waals surface area contributed by atoms with Crippen molar-refractivity contribution in [2.45, 2.75) is 39.2 Å². The third-order valence-electron chi connectivity index (χ3n) is 2.28. The minimum atomic E-state index is -1.04. The summed E-state index contributed by atoms with van der Waals surface area (Å²) >= 11 is 0.984. The van der Waals surface area contributed by atoms with Gasteiger partial charge >= 0.3 is 5.97 Å². The third kappa shape index (κ3) is 3.23. The van der Waals surface area contributed by atoms with Gasteiger partial charge in [-0.05, 0) is 23.9 Å². The second kappa shape index (κ2) is 5.72. The molecular weight excluding hydrogens is 242 g/mol. The summed E-state index contributed by atoms with van der Waals surface area (Å²) in [6.07, 6.45) is 0.338. The monoisotopic (exact) mass is 257 g/mol. The molecule has 1 heterocycles. The highest BCUT2D eigenvalue weighted by molar-refractivity contribution is 7.08. The number of carboxylic acid groups (broad SMARTS) is 1. The van der Waals surface area contributed by atoms with Crippen molar-refractivity contribution in [1.82, 2.24) is 14.9 Å². The van der Waals surface area contributed by atoms with Gasteiger partial charge in [-0.1, -0.05) is 25.3 Å². The summed E-state index contributed by atoms with van der Waals surface area (Å²) < 4.78 is 3.73. The molecule has 0 aromatic carbocycles. The van der Waals surface area contributed by atoms with Crippen molar-refractivity contribution in [2.24, 2.45) is 0 Å². The molecule has 0 saturated heterocycles. The van der Waals surface area contributed by atoms with Gasteiger partial charge in [0, 0.05) is 0 Å². The van der Waals surface area contributed by atoms with E-state index in [9.17, 15) is 9.59 Å². The van der Waals surface area contributed by atoms with Gasteiger partial charge in [-0.3, -0.25) is 4.79 Å². The first-order valence-corrected chi connectivity index (χ1v) is 6.10. The number of rotatable bonds is 5. The zero-order chi connectivity index (χ0) is 13.0. The van der Waals surface area contributed by atoms with Gasteiger partial charge in [0.25, 0.3) is 5.91 Å². The van der Waals surface area contributed by atoms with Gasteiger partial charge in [0.05, 0.1) is 5.69 Å². The standard InChI is InChI=1S/C10H15N3O3S/c1-4-6(10(15)16)11-9(14)8-7(5(2)3)12-13-17-8/h5-6H,4H2,1-3H3,(H,11,14)(H,15,16)/t6-/m1/s1. The molecule has 0 fully saturated rings. The van der Waals surface area contributed by atoms with Crippen molar-refractivity contribution < 1.29 is 14.7 Å². The highest BCUT2D eigenvalue weighted by Crippen LogP contribution is 2.19. The summed E-state index contributed by atoms with van der Waals surface area (Å²) in [6.45, 7) is 5.51. The number of hydrogen-bond acceptors (Lipinski definition) is 5. The molecule has 0 aliphatic rings. The Morgan fingerprint density at radius 1 is 1.47 bits per heavy atom. The fourth-order valence-corrected chi connectivity index (χ4v) is 2.02. The van der Waals surface area contributed by atoms with Crippen LogP contribution in [0, 0.1) is 0 Å². The lowest BCUT2D eigenvalue weighted by Gasteiger charge is -2.11. The number of hydrogen-bond donors (Lipinski definition) is 2. The normalized spacial score (nSPS) is 12.5. The highest BCUT2D eigenvalue weighted by Gasteiger charge is 2.23. The Kier molecular flexibility index (Phi) is 4.56. The zero-order valence-electron chi connectivity index (χ0n) is 9.93. The molecule has 2 N–H and O–H groups in total. The molecule has 0 aliphatic carbocycles. The molecule has 0 saturated carbocycles. The Hall–Kier alpha value is -1.50. The van der Waals surface area contributed by atoms with Crippen LogP contribution < -0.4 is 5.32 Å². The van der Waals surface area contributed by atoms with Crippen LogP contribution in [0.4, 0.5) is 0 Å². The molecule has 1 rings (SSSR count). The molecular formula is C10H15N3O3S. The minimum Gasteiger partial charge on any atom is -0.480 e. The zero-order valence-corrected chi connectivity index (χ0v) is 10.7. The summed E-state index contributed by atoms with van der Waals surface area (Å²) in [5, 5.41) is 15.2. The number of aliphatic carboxylic acids is 1. The van der Waals surface area contributed by atoms with E-state index < -0.39 is 17.9 Å². The fourth-order valence-electron chi connectivity index (χ4n) is 1.30. The van der Waals surface area contributed by atoms with Crippen molar-refractivity contribution in [2.75, 3.05) is 0 Å². The first-order chi connectivity index (χ1) is 7.97. The first-order valence-electron chi connectivity index (χ1n) is 5.33. The molecule has 0 radical (unpaired) electrons. The predicted octanol–water partition coefficient (Wildman–Crippen LogP) is 1.25. The molecule has 1 amide bonds. The highest BCUT2D eigenvalue weighted by atomic mass is 32.1. The van der Waals surface area contributed by atoms with Crippen LogP contribution in [-0.2, 0) is 4.79 Å². The van der Waals surface area contributed by atoms with Gasteiger partial charge in [0.1, 0.15) is 10.9 Å². The smallest absolute Gasteiger partial charge is 0.326 e. The SMILES string of the molecule is CC[C@@H](NC(=O)c1snnc1C(C)C)C(=O)O. The molecule has 1 aromatic rings. The number of amides is 1. The van der Waals surface area contributed by atoms with E-state index in [-0.39, 0.29) is 5.92 Å². The largest absolute Gasteiger partial charge is 0.480 e. The molecule has 94 valence electrons. The van der Waals surface area contributed by atoms with Crippen molar-refractivity contribution in [3.05, 3.63) is 10.6 Å². The summed E-state index contributed by atoms with van der Waals surface area (Å²) in [5.41, 5.74) is 0.604. The lowest BCUT2D eigenvalue weighted by Crippen LogP contribution is -2.40. The lowest BCUT2D eigenvalue weighted by atomic mass is 10.1. The van der Waals surface area contributed by atoms with Gasteiger partial charge in [0.15, 0.2) is 0 Å². The number of nitrogens with zero attached hydrogens (tertiary/aromatic N) is 2. The second-order valence-electron chi connectivity index (χ2n) is 3.91. The number of carbonyl (C=O) groups is 2. The maximum Gasteiger partial charge on any atom is 0.326 e. The van der Waals surface area contributed by atoms with E-state index in [1.54, 1.807) is 6.92 Å². The lowest BCUT2D eigenvalue weighted by molar-refractivity contribution is -0.139. The molecule has 6 nitrogen and oxygen atoms in total. The Morgan fingerprint density at radius 2 is 2.12 bits per heavy atom. The van der Waals surface area contributed by atoms with Gasteiger partial charge in [-0.15, -0.1) is 5.10 Å². The second-order valence-corrected chi connectivity index (χ2v) is 4.67. The average Bonchev–Trinajstić information content (AvgIpc) is 2.73. The average molecular weight is 257 g/mol. The van der Waals surface area contributed by atoms with Gasteiger partial charge in [0.2, 0.25) is 0 Å². The molecule has 1 aromatic heterocycles. The summed E-state index contributed by atoms with van der Waals surface area (Å²) in [6, 6.07) is -0.871. The van der Waals surface area contributed by atoms with Crippen molar-refractivity contribution in [3.8, 4) is 0 Å². The minimum absolute atomic E-state index is 0.0828. The van der Waals surface area contributed by atoms with Crippen LogP contribution in [0.5, 0.6) is 0 Å². The van der Waals surface area contributed by atoms with E-state index in [2.05, 4.69) is 14.9 Å². The van der Waals surface area contributed by atoms with Crippen LogP contribution >= 0.6 is 11.5 Å². The molecule has 7 heteroatoms. The van der Waals surface area contributed by atoms with E-state index >= 15 is 0 Å². The Labute approximate surface area is 103 Å². The number of carboxylic acids is 1. The van der Waals surface area contributed by atoms with Gasteiger partial charge in [-0.2, -0.15) is 0 Å². The van der Waals surface area contributed by atoms with Crippen LogP contribution in [0.2, 0.25) is 0 Å². The predicted molar refractivity (Wildman–Crippen MR) is 63.2 cm³/mol. The number of carbonyl (C=O) groups excluding carboxylic acids is 1. The van der Waals surface area contributed by atoms with E-state index in [4.69, 9.17) is 5.11 Å². The topological polar surface area (TPSA) is 92.2 Å². The third-order valence-corrected chi connectivity index (χ3v) is 3.02. The van der Waals surface area contributed by atoms with Crippen LogP contribution in [0.3, 0.4) is 0 Å². The number of nitrogens with one attached hydrogen (secondary N) is 1. The maximum absolute atomic E-state index is 11.9. The number of aromatic nitrogens is 2. The first kappa shape index (κ1) is 13.6. The van der Waals surface area contributed by atoms with Crippen LogP contribution in [0.15, 0.2) is 0 Å². The van der Waals surface area contributed by atoms with Crippen molar-refractivity contribution >= 4 is 23.4 Å². The molecule has 0 aliphatic heterocycles. The van der Waals surface area contributed by atoms with E-state index in [1.165, 1.54) is 0 Å². The fraction of sp³-hybridized carbons (Fsp3) is 0.600. The Bertz CT molecular complexity index is 417. The summed E-state index contributed by atoms with van der Waals surface area (Å²) in [4.78, 5) is 23.1. The van der Waals surface area contributed by atoms with Crippen molar-refractivity contribution in [3.63, 3.8) is 0 Å². The molecule has 17 heavy (non-hydrogen) atoms. The molecule has 0 unspecified atom stereocenters. The molecule has 0 spiro atoms. The maximum atomic E-state index is 11.9. The van der Waals surface area contributed by atoms with E-state index in [0.717, 1.165) is 11.5 Å². The van der Waals surface area contributed by atoms with Crippen LogP contribution in [-0.4, -0.2) is 32.6 Å². The Morgan fingerprint density at radius 3 is 2.59 bits per heavy atom. The Balaban J connectivity index is 2.82. The van der Waals surface area contributed by atoms with Crippen LogP contribution in [0.25, 0.3) is 0 Å².